The Kier molecular flexibility index (Phi) is 13.3. The second-order valence-corrected chi connectivity index (χ2v) is 11.3. The van der Waals surface area contributed by atoms with E-state index < -0.39 is 0 Å². The van der Waals surface area contributed by atoms with Crippen LogP contribution in [-0.4, -0.2) is 75.8 Å². The fourth-order valence-electron chi connectivity index (χ4n) is 4.38. The van der Waals surface area contributed by atoms with E-state index in [1.54, 1.807) is 20.3 Å². The maximum atomic E-state index is 11.9. The molecule has 1 unspecified atom stereocenters. The zero-order chi connectivity index (χ0) is 32.9. The average molecular weight is 621 g/mol. The van der Waals surface area contributed by atoms with Crippen LogP contribution in [-0.2, 0) is 9.53 Å². The Morgan fingerprint density at radius 2 is 1.64 bits per heavy atom. The van der Waals surface area contributed by atoms with Gasteiger partial charge in [0.2, 0.25) is 0 Å². The second kappa shape index (κ2) is 17.1. The number of hydrogen-bond acceptors (Lipinski definition) is 11. The molecule has 0 aliphatic rings. The van der Waals surface area contributed by atoms with Crippen molar-refractivity contribution in [3.8, 4) is 11.5 Å². The number of rotatable bonds is 18. The number of carbonyl (C=O) groups excluding carboxylic acids is 1. The molecule has 2 aromatic carbocycles. The summed E-state index contributed by atoms with van der Waals surface area (Å²) in [6, 6.07) is 11.4. The largest absolute Gasteiger partial charge is 0.496 e. The number of aromatic nitrogens is 2. The highest BCUT2D eigenvalue weighted by molar-refractivity contribution is 5.89. The average Bonchev–Trinajstić information content (AvgIpc) is 3.02. The van der Waals surface area contributed by atoms with Gasteiger partial charge in [0, 0.05) is 50.1 Å². The third kappa shape index (κ3) is 10.5. The lowest BCUT2D eigenvalue weighted by Crippen LogP contribution is -2.31. The lowest BCUT2D eigenvalue weighted by atomic mass is 10.1. The first kappa shape index (κ1) is 34.9. The quantitative estimate of drug-likeness (QED) is 0.103. The van der Waals surface area contributed by atoms with Gasteiger partial charge >= 0.3 is 0 Å². The molecule has 12 nitrogen and oxygen atoms in total. The highest BCUT2D eigenvalue weighted by atomic mass is 16.5. The van der Waals surface area contributed by atoms with Crippen LogP contribution in [0.1, 0.15) is 38.9 Å². The number of carbonyl (C=O) groups is 1. The summed E-state index contributed by atoms with van der Waals surface area (Å²) in [7, 11) is 9.29. The molecule has 1 amide bonds. The molecule has 0 aliphatic carbocycles. The molecule has 12 heteroatoms. The Balaban J connectivity index is 1.86. The molecule has 45 heavy (non-hydrogen) atoms. The van der Waals surface area contributed by atoms with Gasteiger partial charge < -0.3 is 34.6 Å². The topological polar surface area (TPSA) is 125 Å². The van der Waals surface area contributed by atoms with E-state index in [1.807, 2.05) is 58.4 Å². The van der Waals surface area contributed by atoms with Gasteiger partial charge in [-0.15, -0.1) is 0 Å². The third-order valence-electron chi connectivity index (χ3n) is 7.05. The van der Waals surface area contributed by atoms with Crippen LogP contribution in [0.4, 0.5) is 34.4 Å². The van der Waals surface area contributed by atoms with E-state index in [4.69, 9.17) is 14.2 Å². The number of nitrogens with one attached hydrogen (secondary N) is 4. The van der Waals surface area contributed by atoms with Crippen molar-refractivity contribution in [2.75, 3.05) is 76.0 Å². The number of nitrogens with zero attached hydrogens (tertiary/aromatic N) is 4. The Hall–Kier alpha value is -4.55. The molecule has 244 valence electrons. The van der Waals surface area contributed by atoms with Crippen LogP contribution in [0.5, 0.6) is 11.5 Å². The fraction of sp³-hybridized carbons (Fsp3) is 0.424. The normalized spacial score (nSPS) is 11.6. The Morgan fingerprint density at radius 3 is 2.29 bits per heavy atom. The summed E-state index contributed by atoms with van der Waals surface area (Å²) in [5.74, 6) is 2.71. The first-order valence-corrected chi connectivity index (χ1v) is 15.0. The van der Waals surface area contributed by atoms with Crippen LogP contribution in [0.25, 0.3) is 0 Å². The summed E-state index contributed by atoms with van der Waals surface area (Å²) in [6.45, 7) is 12.2. The summed E-state index contributed by atoms with van der Waals surface area (Å²) in [5, 5.41) is 6.70. The molecule has 1 aromatic heterocycles. The van der Waals surface area contributed by atoms with E-state index in [0.29, 0.717) is 41.3 Å². The molecule has 4 N–H and O–H groups in total. The van der Waals surface area contributed by atoms with Crippen molar-refractivity contribution < 1.29 is 19.0 Å². The molecular weight excluding hydrogens is 572 g/mol. The number of methoxy groups -OCH3 is 2. The summed E-state index contributed by atoms with van der Waals surface area (Å²) in [6.07, 6.45) is 3.53. The Morgan fingerprint density at radius 1 is 0.933 bits per heavy atom. The van der Waals surface area contributed by atoms with Crippen molar-refractivity contribution in [1.82, 2.24) is 20.3 Å². The zero-order valence-electron chi connectivity index (χ0n) is 27.7. The summed E-state index contributed by atoms with van der Waals surface area (Å²) in [4.78, 5) is 25.0. The van der Waals surface area contributed by atoms with E-state index in [9.17, 15) is 4.79 Å². The molecule has 3 rings (SSSR count). The molecule has 0 saturated carbocycles. The van der Waals surface area contributed by atoms with Gasteiger partial charge in [0.25, 0.3) is 5.91 Å². The SMILES string of the molecule is C=CC(=O)NNc1cc(Nc2cc(Nc3ccc(OC)c(C(C)OCCC(C)C)c3)ncn2)c(OC)cc1N(C)CCN(C)C. The van der Waals surface area contributed by atoms with Gasteiger partial charge in [0.1, 0.15) is 29.5 Å². The number of likely N-dealkylation sites (N-methyl/N-ethyl adjacent to an activating group) is 2. The fourth-order valence-corrected chi connectivity index (χ4v) is 4.38. The van der Waals surface area contributed by atoms with Gasteiger partial charge in [0.15, 0.2) is 0 Å². The predicted octanol–water partition coefficient (Wildman–Crippen LogP) is 5.73. The third-order valence-corrected chi connectivity index (χ3v) is 7.05. The summed E-state index contributed by atoms with van der Waals surface area (Å²) < 4.78 is 17.4. The number of benzene rings is 2. The molecule has 0 aliphatic heterocycles. The van der Waals surface area contributed by atoms with Gasteiger partial charge in [-0.2, -0.15) is 0 Å². The molecule has 0 radical (unpaired) electrons. The second-order valence-electron chi connectivity index (χ2n) is 11.3. The number of hydrazine groups is 1. The van der Waals surface area contributed by atoms with Crippen molar-refractivity contribution in [1.29, 1.82) is 0 Å². The minimum Gasteiger partial charge on any atom is -0.496 e. The van der Waals surface area contributed by atoms with Crippen LogP contribution in [0.15, 0.2) is 55.4 Å². The molecule has 0 saturated heterocycles. The van der Waals surface area contributed by atoms with Gasteiger partial charge in [-0.1, -0.05) is 20.4 Å². The van der Waals surface area contributed by atoms with Crippen LogP contribution < -0.4 is 35.9 Å². The molecule has 0 fully saturated rings. The highest BCUT2D eigenvalue weighted by Gasteiger charge is 2.17. The first-order chi connectivity index (χ1) is 21.5. The first-order valence-electron chi connectivity index (χ1n) is 15.0. The van der Waals surface area contributed by atoms with Crippen molar-refractivity contribution in [2.24, 2.45) is 5.92 Å². The van der Waals surface area contributed by atoms with Crippen LogP contribution in [0.2, 0.25) is 0 Å². The number of amides is 1. The lowest BCUT2D eigenvalue weighted by Gasteiger charge is -2.26. The molecule has 0 spiro atoms. The van der Waals surface area contributed by atoms with E-state index in [0.717, 1.165) is 42.2 Å². The zero-order valence-corrected chi connectivity index (χ0v) is 27.7. The number of ether oxygens (including phenoxy) is 3. The minimum atomic E-state index is -0.355. The van der Waals surface area contributed by atoms with Crippen molar-refractivity contribution in [2.45, 2.75) is 33.3 Å². The monoisotopic (exact) mass is 620 g/mol. The molecule has 3 aromatic rings. The van der Waals surface area contributed by atoms with Gasteiger partial charge in [-0.05, 0) is 63.7 Å². The van der Waals surface area contributed by atoms with E-state index in [1.165, 1.54) is 12.4 Å². The minimum absolute atomic E-state index is 0.139. The number of anilines is 6. The van der Waals surface area contributed by atoms with Crippen LogP contribution in [0, 0.1) is 5.92 Å². The molecule has 0 bridgehead atoms. The van der Waals surface area contributed by atoms with Crippen molar-refractivity contribution in [3.05, 3.63) is 60.9 Å². The van der Waals surface area contributed by atoms with Crippen molar-refractivity contribution in [3.63, 3.8) is 0 Å². The van der Waals surface area contributed by atoms with Gasteiger partial charge in [-0.25, -0.2) is 9.97 Å². The molecule has 1 atom stereocenters. The highest BCUT2D eigenvalue weighted by Crippen LogP contribution is 2.38. The summed E-state index contributed by atoms with van der Waals surface area (Å²) in [5.41, 5.74) is 9.58. The molecule has 1 heterocycles. The maximum absolute atomic E-state index is 11.9. The smallest absolute Gasteiger partial charge is 0.261 e. The lowest BCUT2D eigenvalue weighted by molar-refractivity contribution is -0.116. The van der Waals surface area contributed by atoms with Crippen LogP contribution in [0.3, 0.4) is 0 Å². The van der Waals surface area contributed by atoms with Gasteiger partial charge in [-0.3, -0.25) is 15.6 Å². The molecular formula is C33H48N8O4. The number of hydrogen-bond donors (Lipinski definition) is 4. The van der Waals surface area contributed by atoms with Gasteiger partial charge in [0.05, 0.1) is 37.4 Å². The van der Waals surface area contributed by atoms with E-state index in [2.05, 4.69) is 61.7 Å². The van der Waals surface area contributed by atoms with Crippen molar-refractivity contribution >= 4 is 40.3 Å². The van der Waals surface area contributed by atoms with Crippen LogP contribution >= 0.6 is 0 Å². The van der Waals surface area contributed by atoms with E-state index in [-0.39, 0.29) is 12.0 Å². The predicted molar refractivity (Wildman–Crippen MR) is 182 cm³/mol. The Bertz CT molecular complexity index is 1420. The van der Waals surface area contributed by atoms with E-state index >= 15 is 0 Å². The summed E-state index contributed by atoms with van der Waals surface area (Å²) >= 11 is 0. The Labute approximate surface area is 267 Å². The standard InChI is InChI=1S/C33H48N8O4/c1-10-33(42)39-38-26-18-27(30(44-9)19-28(26)41(7)15-14-40(5)6)37-32-20-31(34-21-35-32)36-24-11-12-29(43-8)25(17-24)23(4)45-16-13-22(2)3/h10-12,17-23,38H,1,13-16H2,2-9H3,(H,39,42)(H2,34,35,36,37). The maximum Gasteiger partial charge on any atom is 0.261 e.